The van der Waals surface area contributed by atoms with Crippen LogP contribution in [0, 0.1) is 13.8 Å². The van der Waals surface area contributed by atoms with Crippen LogP contribution in [0.25, 0.3) is 0 Å². The Bertz CT molecular complexity index is 645. The van der Waals surface area contributed by atoms with Gasteiger partial charge in [0.1, 0.15) is 5.25 Å². The van der Waals surface area contributed by atoms with E-state index in [2.05, 4.69) is 15.9 Å². The van der Waals surface area contributed by atoms with Gasteiger partial charge in [-0.05, 0) is 37.1 Å². The quantitative estimate of drug-likeness (QED) is 0.756. The Balaban J connectivity index is 2.39. The number of nitrogens with zero attached hydrogens (tertiary/aromatic N) is 1. The molecule has 0 N–H and O–H groups in total. The molecule has 0 bridgehead atoms. The third-order valence-corrected chi connectivity index (χ3v) is 6.20. The van der Waals surface area contributed by atoms with Crippen LogP contribution in [0.2, 0.25) is 0 Å². The van der Waals surface area contributed by atoms with Gasteiger partial charge in [-0.25, -0.2) is 8.42 Å². The van der Waals surface area contributed by atoms with Crippen molar-refractivity contribution in [2.45, 2.75) is 25.5 Å². The summed E-state index contributed by atoms with van der Waals surface area (Å²) < 4.78 is 23.6. The van der Waals surface area contributed by atoms with Crippen LogP contribution in [0.3, 0.4) is 0 Å². The lowest BCUT2D eigenvalue weighted by molar-refractivity contribution is -0.117. The number of carbonyl (C=O) groups excluding carboxylic acids is 1. The van der Waals surface area contributed by atoms with E-state index in [1.54, 1.807) is 0 Å². The van der Waals surface area contributed by atoms with Crippen LogP contribution >= 0.6 is 26.6 Å². The molecule has 1 aliphatic rings. The molecule has 1 saturated heterocycles. The topological polar surface area (TPSA) is 54.5 Å². The summed E-state index contributed by atoms with van der Waals surface area (Å²) in [6.07, 6.45) is -0.0552. The maximum atomic E-state index is 12.0. The Morgan fingerprint density at radius 2 is 1.95 bits per heavy atom. The fourth-order valence-electron chi connectivity index (χ4n) is 2.16. The van der Waals surface area contributed by atoms with Crippen LogP contribution in [-0.2, 0) is 13.8 Å². The van der Waals surface area contributed by atoms with E-state index in [-0.39, 0.29) is 18.9 Å². The minimum absolute atomic E-state index is 0.0552. The molecule has 0 spiro atoms. The lowest BCUT2D eigenvalue weighted by atomic mass is 10.1. The molecule has 1 amide bonds. The molecule has 1 atom stereocenters. The largest absolute Gasteiger partial charge is 0.311 e. The summed E-state index contributed by atoms with van der Waals surface area (Å²) in [6, 6.07) is 3.67. The van der Waals surface area contributed by atoms with Crippen molar-refractivity contribution in [2.24, 2.45) is 0 Å². The smallest absolute Gasteiger partial charge is 0.237 e. The first kappa shape index (κ1) is 14.8. The Morgan fingerprint density at radius 1 is 1.32 bits per heavy atom. The SMILES string of the molecule is Cc1c(Br)ccc(N2CC(S(=O)(=O)Cl)CC2=O)c1C. The van der Waals surface area contributed by atoms with E-state index in [0.29, 0.717) is 0 Å². The molecule has 7 heteroatoms. The van der Waals surface area contributed by atoms with E-state index < -0.39 is 14.3 Å². The number of hydrogen-bond acceptors (Lipinski definition) is 3. The fourth-order valence-corrected chi connectivity index (χ4v) is 3.62. The van der Waals surface area contributed by atoms with Crippen LogP contribution in [0.4, 0.5) is 5.69 Å². The molecule has 4 nitrogen and oxygen atoms in total. The van der Waals surface area contributed by atoms with Crippen molar-refractivity contribution in [3.8, 4) is 0 Å². The molecule has 0 radical (unpaired) electrons. The summed E-state index contributed by atoms with van der Waals surface area (Å²) in [5, 5.41) is -0.829. The zero-order chi connectivity index (χ0) is 14.4. The molecule has 104 valence electrons. The number of benzene rings is 1. The minimum atomic E-state index is -3.71. The summed E-state index contributed by atoms with van der Waals surface area (Å²) in [6.45, 7) is 3.97. The van der Waals surface area contributed by atoms with E-state index in [1.807, 2.05) is 26.0 Å². The van der Waals surface area contributed by atoms with Gasteiger partial charge in [-0.1, -0.05) is 15.9 Å². The van der Waals surface area contributed by atoms with E-state index in [4.69, 9.17) is 10.7 Å². The lowest BCUT2D eigenvalue weighted by Gasteiger charge is -2.20. The first-order chi connectivity index (χ1) is 8.71. The summed E-state index contributed by atoms with van der Waals surface area (Å²) >= 11 is 3.43. The van der Waals surface area contributed by atoms with Gasteiger partial charge >= 0.3 is 0 Å². The second kappa shape index (κ2) is 5.07. The van der Waals surface area contributed by atoms with Crippen molar-refractivity contribution in [1.82, 2.24) is 0 Å². The van der Waals surface area contributed by atoms with Gasteiger partial charge in [0.25, 0.3) is 0 Å². The third-order valence-electron chi connectivity index (χ3n) is 3.47. The molecule has 1 aromatic rings. The Labute approximate surface area is 125 Å². The molecule has 2 rings (SSSR count). The molecule has 1 aliphatic heterocycles. The summed E-state index contributed by atoms with van der Waals surface area (Å²) in [4.78, 5) is 13.5. The molecule has 1 heterocycles. The summed E-state index contributed by atoms with van der Waals surface area (Å²) in [5.41, 5.74) is 2.73. The van der Waals surface area contributed by atoms with Crippen LogP contribution in [-0.4, -0.2) is 26.1 Å². The predicted molar refractivity (Wildman–Crippen MR) is 79.1 cm³/mol. The van der Waals surface area contributed by atoms with Gasteiger partial charge in [0.2, 0.25) is 15.0 Å². The van der Waals surface area contributed by atoms with Gasteiger partial charge < -0.3 is 4.90 Å². The maximum Gasteiger partial charge on any atom is 0.237 e. The molecule has 1 unspecified atom stereocenters. The first-order valence-electron chi connectivity index (χ1n) is 5.71. The predicted octanol–water partition coefficient (Wildman–Crippen LogP) is 2.74. The van der Waals surface area contributed by atoms with Crippen molar-refractivity contribution >= 4 is 47.3 Å². The molecule has 19 heavy (non-hydrogen) atoms. The van der Waals surface area contributed by atoms with Crippen LogP contribution in [0.1, 0.15) is 17.5 Å². The standard InChI is InChI=1S/C12H13BrClNO3S/c1-7-8(2)11(4-3-10(7)13)15-6-9(5-12(15)16)19(14,17)18/h3-4,9H,5-6H2,1-2H3. The monoisotopic (exact) mass is 365 g/mol. The van der Waals surface area contributed by atoms with Crippen molar-refractivity contribution in [2.75, 3.05) is 11.4 Å². The highest BCUT2D eigenvalue weighted by molar-refractivity contribution is 9.10. The number of rotatable bonds is 2. The second-order valence-corrected chi connectivity index (χ2v) is 8.39. The van der Waals surface area contributed by atoms with Crippen molar-refractivity contribution < 1.29 is 13.2 Å². The van der Waals surface area contributed by atoms with Gasteiger partial charge in [-0.2, -0.15) is 0 Å². The van der Waals surface area contributed by atoms with Gasteiger partial charge in [0.15, 0.2) is 0 Å². The average Bonchev–Trinajstić information content (AvgIpc) is 2.68. The third kappa shape index (κ3) is 2.80. The van der Waals surface area contributed by atoms with Crippen molar-refractivity contribution in [3.05, 3.63) is 27.7 Å². The number of amides is 1. The molecular formula is C12H13BrClNO3S. The van der Waals surface area contributed by atoms with Crippen molar-refractivity contribution in [1.29, 1.82) is 0 Å². The molecule has 0 aromatic heterocycles. The van der Waals surface area contributed by atoms with E-state index in [1.165, 1.54) is 4.90 Å². The molecule has 1 fully saturated rings. The average molecular weight is 367 g/mol. The Hall–Kier alpha value is -0.590. The van der Waals surface area contributed by atoms with Gasteiger partial charge in [-0.3, -0.25) is 4.79 Å². The zero-order valence-corrected chi connectivity index (χ0v) is 13.6. The number of carbonyl (C=O) groups is 1. The van der Waals surface area contributed by atoms with Gasteiger partial charge in [-0.15, -0.1) is 0 Å². The molecule has 0 saturated carbocycles. The van der Waals surface area contributed by atoms with Crippen LogP contribution in [0.5, 0.6) is 0 Å². The molecule has 0 aliphatic carbocycles. The lowest BCUT2D eigenvalue weighted by Crippen LogP contribution is -2.27. The Kier molecular flexibility index (Phi) is 3.95. The fraction of sp³-hybridized carbons (Fsp3) is 0.417. The normalized spacial score (nSPS) is 20.1. The van der Waals surface area contributed by atoms with Gasteiger partial charge in [0, 0.05) is 33.8 Å². The van der Waals surface area contributed by atoms with E-state index in [0.717, 1.165) is 21.3 Å². The van der Waals surface area contributed by atoms with E-state index >= 15 is 0 Å². The van der Waals surface area contributed by atoms with Gasteiger partial charge in [0.05, 0.1) is 0 Å². The van der Waals surface area contributed by atoms with Crippen LogP contribution in [0.15, 0.2) is 16.6 Å². The number of hydrogen-bond donors (Lipinski definition) is 0. The molecular weight excluding hydrogens is 354 g/mol. The second-order valence-electron chi connectivity index (χ2n) is 4.62. The summed E-state index contributed by atoms with van der Waals surface area (Å²) in [5.74, 6) is -0.209. The molecule has 1 aromatic carbocycles. The maximum absolute atomic E-state index is 12.0. The first-order valence-corrected chi connectivity index (χ1v) is 8.88. The van der Waals surface area contributed by atoms with E-state index in [9.17, 15) is 13.2 Å². The highest BCUT2D eigenvalue weighted by Crippen LogP contribution is 2.32. The highest BCUT2D eigenvalue weighted by atomic mass is 79.9. The van der Waals surface area contributed by atoms with Crippen LogP contribution < -0.4 is 4.90 Å². The van der Waals surface area contributed by atoms with Crippen molar-refractivity contribution in [3.63, 3.8) is 0 Å². The highest BCUT2D eigenvalue weighted by Gasteiger charge is 2.38. The number of halogens is 2. The summed E-state index contributed by atoms with van der Waals surface area (Å²) in [7, 11) is 1.63. The minimum Gasteiger partial charge on any atom is -0.311 e. The zero-order valence-electron chi connectivity index (χ0n) is 10.5. The Morgan fingerprint density at radius 3 is 2.47 bits per heavy atom. The number of anilines is 1.